The Morgan fingerprint density at radius 3 is 2.81 bits per heavy atom. The first-order valence-electron chi connectivity index (χ1n) is 6.60. The summed E-state index contributed by atoms with van der Waals surface area (Å²) in [6.45, 7) is 3.07. The van der Waals surface area contributed by atoms with Crippen molar-refractivity contribution in [3.8, 4) is 6.07 Å². The van der Waals surface area contributed by atoms with Crippen molar-refractivity contribution in [3.05, 3.63) is 46.6 Å². The van der Waals surface area contributed by atoms with Crippen molar-refractivity contribution in [2.45, 2.75) is 13.5 Å². The minimum atomic E-state index is -0.464. The molecule has 0 saturated heterocycles. The number of halogens is 1. The van der Waals surface area contributed by atoms with Crippen LogP contribution in [0.2, 0.25) is 5.02 Å². The average molecular weight is 308 g/mol. The molecule has 0 spiro atoms. The van der Waals surface area contributed by atoms with E-state index >= 15 is 0 Å². The van der Waals surface area contributed by atoms with Gasteiger partial charge in [0, 0.05) is 30.9 Å². The summed E-state index contributed by atoms with van der Waals surface area (Å²) in [7, 11) is 0. The van der Waals surface area contributed by atoms with Gasteiger partial charge in [0.15, 0.2) is 0 Å². The van der Waals surface area contributed by atoms with Crippen molar-refractivity contribution in [2.75, 3.05) is 19.7 Å². The van der Waals surface area contributed by atoms with Gasteiger partial charge in [0.1, 0.15) is 11.6 Å². The lowest BCUT2D eigenvalue weighted by molar-refractivity contribution is -0.117. The van der Waals surface area contributed by atoms with Crippen molar-refractivity contribution >= 4 is 17.5 Å². The molecule has 0 radical (unpaired) electrons. The Morgan fingerprint density at radius 1 is 1.52 bits per heavy atom. The van der Waals surface area contributed by atoms with Crippen LogP contribution in [0.15, 0.2) is 36.0 Å². The standard InChI is InChI=1S/C15H18ClN3O2/c1-2-19(7-8-20)11-13(9-17)15(21)18-10-12-5-3-4-6-14(12)16/h3-6,11,20H,2,7-8,10H2,1H3,(H,18,21)/b13-11-. The number of nitrogens with zero attached hydrogens (tertiary/aromatic N) is 2. The highest BCUT2D eigenvalue weighted by molar-refractivity contribution is 6.31. The van der Waals surface area contributed by atoms with Crippen LogP contribution < -0.4 is 5.32 Å². The zero-order valence-electron chi connectivity index (χ0n) is 11.8. The number of carbonyl (C=O) groups is 1. The second-order valence-corrected chi connectivity index (χ2v) is 4.69. The SMILES string of the molecule is CCN(/C=C(/C#N)C(=O)NCc1ccccc1Cl)CCO. The van der Waals surface area contributed by atoms with Crippen molar-refractivity contribution in [1.82, 2.24) is 10.2 Å². The molecule has 1 aromatic carbocycles. The number of rotatable bonds is 7. The van der Waals surface area contributed by atoms with Crippen LogP contribution in [0.3, 0.4) is 0 Å². The van der Waals surface area contributed by atoms with Gasteiger partial charge in [-0.2, -0.15) is 5.26 Å². The maximum Gasteiger partial charge on any atom is 0.263 e. The van der Waals surface area contributed by atoms with E-state index in [-0.39, 0.29) is 18.7 Å². The molecule has 0 atom stereocenters. The van der Waals surface area contributed by atoms with E-state index in [0.29, 0.717) is 18.1 Å². The lowest BCUT2D eigenvalue weighted by Gasteiger charge is -2.17. The smallest absolute Gasteiger partial charge is 0.263 e. The van der Waals surface area contributed by atoms with Gasteiger partial charge >= 0.3 is 0 Å². The molecular weight excluding hydrogens is 290 g/mol. The summed E-state index contributed by atoms with van der Waals surface area (Å²) < 4.78 is 0. The summed E-state index contributed by atoms with van der Waals surface area (Å²) in [5.74, 6) is -0.464. The summed E-state index contributed by atoms with van der Waals surface area (Å²) in [6.07, 6.45) is 1.46. The highest BCUT2D eigenvalue weighted by Gasteiger charge is 2.11. The highest BCUT2D eigenvalue weighted by Crippen LogP contribution is 2.14. The molecule has 21 heavy (non-hydrogen) atoms. The summed E-state index contributed by atoms with van der Waals surface area (Å²) >= 11 is 6.00. The first kappa shape index (κ1) is 17.0. The maximum atomic E-state index is 12.0. The molecule has 0 heterocycles. The number of carbonyl (C=O) groups excluding carboxylic acids is 1. The molecule has 112 valence electrons. The van der Waals surface area contributed by atoms with E-state index in [0.717, 1.165) is 5.56 Å². The van der Waals surface area contributed by atoms with Gasteiger partial charge in [0.05, 0.1) is 6.61 Å². The van der Waals surface area contributed by atoms with Crippen LogP contribution >= 0.6 is 11.6 Å². The van der Waals surface area contributed by atoms with Gasteiger partial charge in [0.2, 0.25) is 0 Å². The lowest BCUT2D eigenvalue weighted by atomic mass is 10.2. The molecule has 5 nitrogen and oxygen atoms in total. The average Bonchev–Trinajstić information content (AvgIpc) is 2.50. The zero-order valence-corrected chi connectivity index (χ0v) is 12.6. The molecule has 0 fully saturated rings. The molecule has 0 aliphatic carbocycles. The van der Waals surface area contributed by atoms with Crippen molar-refractivity contribution in [2.24, 2.45) is 0 Å². The molecule has 0 saturated carbocycles. The topological polar surface area (TPSA) is 76.4 Å². The number of nitriles is 1. The van der Waals surface area contributed by atoms with E-state index < -0.39 is 5.91 Å². The van der Waals surface area contributed by atoms with Crippen molar-refractivity contribution < 1.29 is 9.90 Å². The molecule has 0 aromatic heterocycles. The predicted octanol–water partition coefficient (Wildman–Crippen LogP) is 1.68. The Kier molecular flexibility index (Phi) is 7.30. The summed E-state index contributed by atoms with van der Waals surface area (Å²) in [4.78, 5) is 13.7. The van der Waals surface area contributed by atoms with Crippen LogP contribution in [-0.4, -0.2) is 35.6 Å². The Hall–Kier alpha value is -2.03. The van der Waals surface area contributed by atoms with E-state index in [4.69, 9.17) is 22.0 Å². The predicted molar refractivity (Wildman–Crippen MR) is 81.3 cm³/mol. The molecule has 1 amide bonds. The second-order valence-electron chi connectivity index (χ2n) is 4.28. The number of amides is 1. The first-order chi connectivity index (χ1) is 10.1. The van der Waals surface area contributed by atoms with E-state index in [9.17, 15) is 4.79 Å². The molecule has 2 N–H and O–H groups in total. The number of hydrogen-bond acceptors (Lipinski definition) is 4. The molecular formula is C15H18ClN3O2. The minimum Gasteiger partial charge on any atom is -0.395 e. The summed E-state index contributed by atoms with van der Waals surface area (Å²) in [6, 6.07) is 9.05. The first-order valence-corrected chi connectivity index (χ1v) is 6.98. The summed E-state index contributed by atoms with van der Waals surface area (Å²) in [5, 5.41) is 21.2. The Labute approximate surface area is 129 Å². The molecule has 0 bridgehead atoms. The normalized spacial score (nSPS) is 10.9. The molecule has 0 aliphatic rings. The van der Waals surface area contributed by atoms with Gasteiger partial charge < -0.3 is 15.3 Å². The number of aliphatic hydroxyl groups is 1. The lowest BCUT2D eigenvalue weighted by Crippen LogP contribution is -2.27. The van der Waals surface area contributed by atoms with Gasteiger partial charge in [0.25, 0.3) is 5.91 Å². The Morgan fingerprint density at radius 2 is 2.24 bits per heavy atom. The van der Waals surface area contributed by atoms with Gasteiger partial charge in [-0.15, -0.1) is 0 Å². The van der Waals surface area contributed by atoms with Gasteiger partial charge in [-0.05, 0) is 18.6 Å². The van der Waals surface area contributed by atoms with Gasteiger partial charge in [-0.25, -0.2) is 0 Å². The number of likely N-dealkylation sites (N-methyl/N-ethyl adjacent to an activating group) is 1. The fourth-order valence-corrected chi connectivity index (χ4v) is 1.88. The third-order valence-corrected chi connectivity index (χ3v) is 3.24. The van der Waals surface area contributed by atoms with E-state index in [1.165, 1.54) is 6.20 Å². The number of aliphatic hydroxyl groups excluding tert-OH is 1. The fourth-order valence-electron chi connectivity index (χ4n) is 1.68. The maximum absolute atomic E-state index is 12.0. The van der Waals surface area contributed by atoms with E-state index in [1.54, 1.807) is 11.0 Å². The number of hydrogen-bond donors (Lipinski definition) is 2. The molecule has 0 unspecified atom stereocenters. The molecule has 0 aliphatic heterocycles. The monoisotopic (exact) mass is 307 g/mol. The van der Waals surface area contributed by atoms with Gasteiger partial charge in [-0.1, -0.05) is 29.8 Å². The summed E-state index contributed by atoms with van der Waals surface area (Å²) in [5.41, 5.74) is 0.782. The molecule has 1 rings (SSSR count). The molecule has 1 aromatic rings. The van der Waals surface area contributed by atoms with E-state index in [2.05, 4.69) is 5.32 Å². The zero-order chi connectivity index (χ0) is 15.7. The van der Waals surface area contributed by atoms with Crippen LogP contribution in [0.4, 0.5) is 0 Å². The quantitative estimate of drug-likeness (QED) is 0.593. The van der Waals surface area contributed by atoms with Crippen LogP contribution in [0.5, 0.6) is 0 Å². The van der Waals surface area contributed by atoms with Crippen LogP contribution in [0.25, 0.3) is 0 Å². The van der Waals surface area contributed by atoms with Crippen LogP contribution in [0.1, 0.15) is 12.5 Å². The van der Waals surface area contributed by atoms with Crippen molar-refractivity contribution in [3.63, 3.8) is 0 Å². The molecule has 6 heteroatoms. The fraction of sp³-hybridized carbons (Fsp3) is 0.333. The number of nitrogens with one attached hydrogen (secondary N) is 1. The third kappa shape index (κ3) is 5.46. The third-order valence-electron chi connectivity index (χ3n) is 2.87. The van der Waals surface area contributed by atoms with Crippen LogP contribution in [-0.2, 0) is 11.3 Å². The Bertz CT molecular complexity index is 552. The van der Waals surface area contributed by atoms with Crippen molar-refractivity contribution in [1.29, 1.82) is 5.26 Å². The second kappa shape index (κ2) is 9.01. The van der Waals surface area contributed by atoms with Crippen LogP contribution in [0, 0.1) is 11.3 Å². The Balaban J connectivity index is 2.70. The minimum absolute atomic E-state index is 0.00245. The highest BCUT2D eigenvalue weighted by atomic mass is 35.5. The van der Waals surface area contributed by atoms with E-state index in [1.807, 2.05) is 31.2 Å². The largest absolute Gasteiger partial charge is 0.395 e. The van der Waals surface area contributed by atoms with Gasteiger partial charge in [-0.3, -0.25) is 4.79 Å². The number of benzene rings is 1.